The highest BCUT2D eigenvalue weighted by atomic mass is 16.7. The molecule has 218 valence electrons. The largest absolute Gasteiger partial charge is 0.497 e. The maximum Gasteiger partial charge on any atom is 0.271 e. The lowest BCUT2D eigenvalue weighted by molar-refractivity contribution is -0.133. The number of carbonyl (C=O) groups excluding carboxylic acids is 2. The maximum atomic E-state index is 14.1. The van der Waals surface area contributed by atoms with E-state index in [9.17, 15) is 9.59 Å². The fourth-order valence-electron chi connectivity index (χ4n) is 6.80. The molecule has 1 aromatic heterocycles. The van der Waals surface area contributed by atoms with Gasteiger partial charge in [-0.05, 0) is 74.0 Å². The zero-order chi connectivity index (χ0) is 28.7. The Balaban J connectivity index is 1.25. The first-order valence-electron chi connectivity index (χ1n) is 14.6. The smallest absolute Gasteiger partial charge is 0.271 e. The molecule has 3 aliphatic heterocycles. The van der Waals surface area contributed by atoms with Crippen LogP contribution in [0.1, 0.15) is 49.7 Å². The van der Waals surface area contributed by atoms with Gasteiger partial charge in [0.25, 0.3) is 5.91 Å². The van der Waals surface area contributed by atoms with Crippen molar-refractivity contribution in [3.63, 3.8) is 0 Å². The van der Waals surface area contributed by atoms with Gasteiger partial charge in [-0.1, -0.05) is 19.9 Å². The van der Waals surface area contributed by atoms with Gasteiger partial charge in [0.15, 0.2) is 11.5 Å². The molecule has 4 heterocycles. The molecule has 0 unspecified atom stereocenters. The third kappa shape index (κ3) is 5.23. The standard InChI is InChI=1S/C32H40N4O5/c1-21-12-22(2)17-34(16-21)11-5-10-33-31(38)32(3)19-35-26-15-25(39-4)8-7-24(26)14-27(35)30(37)36(32)18-23-6-9-28-29(13-23)41-20-40-28/h6-9,13-15,21-22H,5,10-12,16-20H2,1-4H3,(H,33,38)/t21-,22+,32-/m1/s1. The van der Waals surface area contributed by atoms with Crippen molar-refractivity contribution in [3.8, 4) is 17.2 Å². The Morgan fingerprint density at radius 2 is 1.85 bits per heavy atom. The number of nitrogens with zero attached hydrogens (tertiary/aromatic N) is 3. The minimum atomic E-state index is -1.11. The number of hydrogen-bond donors (Lipinski definition) is 1. The third-order valence-electron chi connectivity index (χ3n) is 8.79. The number of rotatable bonds is 8. The number of piperidine rings is 1. The van der Waals surface area contributed by atoms with Gasteiger partial charge in [-0.15, -0.1) is 0 Å². The molecule has 1 saturated heterocycles. The SMILES string of the molecule is COc1ccc2cc3n(c2c1)C[C@](C)(C(=O)NCCCN1C[C@H](C)C[C@H](C)C1)N(Cc1ccc2c(c1)OCO2)C3=O. The zero-order valence-electron chi connectivity index (χ0n) is 24.4. The molecular formula is C32H40N4O5. The van der Waals surface area contributed by atoms with Crippen LogP contribution in [0.2, 0.25) is 0 Å². The van der Waals surface area contributed by atoms with E-state index in [1.54, 1.807) is 12.0 Å². The number of fused-ring (bicyclic) bond motifs is 4. The maximum absolute atomic E-state index is 14.1. The van der Waals surface area contributed by atoms with Crippen molar-refractivity contribution in [3.05, 3.63) is 53.7 Å². The van der Waals surface area contributed by atoms with E-state index in [2.05, 4.69) is 24.1 Å². The predicted molar refractivity (Wildman–Crippen MR) is 156 cm³/mol. The van der Waals surface area contributed by atoms with Gasteiger partial charge in [0.2, 0.25) is 12.7 Å². The van der Waals surface area contributed by atoms with Crippen molar-refractivity contribution in [1.29, 1.82) is 0 Å². The average Bonchev–Trinajstić information content (AvgIpc) is 3.56. The van der Waals surface area contributed by atoms with Crippen LogP contribution >= 0.6 is 0 Å². The van der Waals surface area contributed by atoms with Crippen molar-refractivity contribution >= 4 is 22.7 Å². The van der Waals surface area contributed by atoms with Gasteiger partial charge in [0, 0.05) is 37.6 Å². The van der Waals surface area contributed by atoms with E-state index in [1.165, 1.54) is 6.42 Å². The summed E-state index contributed by atoms with van der Waals surface area (Å²) >= 11 is 0. The second kappa shape index (κ2) is 10.9. The molecule has 3 aromatic rings. The summed E-state index contributed by atoms with van der Waals surface area (Å²) in [7, 11) is 1.63. The highest BCUT2D eigenvalue weighted by Crippen LogP contribution is 2.37. The van der Waals surface area contributed by atoms with E-state index < -0.39 is 5.54 Å². The number of benzene rings is 2. The summed E-state index contributed by atoms with van der Waals surface area (Å²) < 4.78 is 18.5. The summed E-state index contributed by atoms with van der Waals surface area (Å²) in [5.41, 5.74) is 1.21. The molecule has 6 rings (SSSR count). The van der Waals surface area contributed by atoms with E-state index in [4.69, 9.17) is 14.2 Å². The average molecular weight is 561 g/mol. The predicted octanol–water partition coefficient (Wildman–Crippen LogP) is 4.28. The van der Waals surface area contributed by atoms with E-state index in [0.717, 1.165) is 42.5 Å². The van der Waals surface area contributed by atoms with Crippen molar-refractivity contribution in [2.45, 2.75) is 52.2 Å². The van der Waals surface area contributed by atoms with Crippen LogP contribution in [0, 0.1) is 11.8 Å². The summed E-state index contributed by atoms with van der Waals surface area (Å²) in [4.78, 5) is 32.3. The van der Waals surface area contributed by atoms with Crippen LogP contribution in [0.4, 0.5) is 0 Å². The van der Waals surface area contributed by atoms with Gasteiger partial charge in [-0.25, -0.2) is 0 Å². The van der Waals surface area contributed by atoms with Crippen molar-refractivity contribution in [2.24, 2.45) is 11.8 Å². The van der Waals surface area contributed by atoms with Crippen LogP contribution in [0.5, 0.6) is 17.2 Å². The second-order valence-corrected chi connectivity index (χ2v) is 12.2. The first-order valence-corrected chi connectivity index (χ1v) is 14.6. The Labute approximate surface area is 241 Å². The van der Waals surface area contributed by atoms with Crippen molar-refractivity contribution in [2.75, 3.05) is 40.1 Å². The van der Waals surface area contributed by atoms with Crippen LogP contribution in [0.3, 0.4) is 0 Å². The number of hydrogen-bond acceptors (Lipinski definition) is 6. The first-order chi connectivity index (χ1) is 19.7. The van der Waals surface area contributed by atoms with Gasteiger partial charge in [0.05, 0.1) is 19.2 Å². The summed E-state index contributed by atoms with van der Waals surface area (Å²) in [5.74, 6) is 3.12. The summed E-state index contributed by atoms with van der Waals surface area (Å²) in [6, 6.07) is 13.3. The zero-order valence-corrected chi connectivity index (χ0v) is 24.4. The van der Waals surface area contributed by atoms with E-state index in [-0.39, 0.29) is 25.2 Å². The fraction of sp³-hybridized carbons (Fsp3) is 0.500. The Morgan fingerprint density at radius 3 is 2.63 bits per heavy atom. The monoisotopic (exact) mass is 560 g/mol. The molecule has 0 bridgehead atoms. The molecule has 1 N–H and O–H groups in total. The van der Waals surface area contributed by atoms with Crippen LogP contribution in [0.25, 0.3) is 10.9 Å². The number of carbonyl (C=O) groups is 2. The van der Waals surface area contributed by atoms with E-state index in [0.29, 0.717) is 47.9 Å². The second-order valence-electron chi connectivity index (χ2n) is 12.2. The molecule has 2 aromatic carbocycles. The molecule has 9 nitrogen and oxygen atoms in total. The third-order valence-corrected chi connectivity index (χ3v) is 8.79. The molecule has 0 spiro atoms. The minimum absolute atomic E-state index is 0.151. The van der Waals surface area contributed by atoms with Crippen molar-refractivity contribution in [1.82, 2.24) is 19.7 Å². The van der Waals surface area contributed by atoms with Gasteiger partial charge in [-0.2, -0.15) is 0 Å². The van der Waals surface area contributed by atoms with Gasteiger partial charge in [-0.3, -0.25) is 9.59 Å². The van der Waals surface area contributed by atoms with E-state index in [1.807, 2.05) is 54.0 Å². The number of nitrogens with one attached hydrogen (secondary N) is 1. The molecule has 9 heteroatoms. The number of aromatic nitrogens is 1. The van der Waals surface area contributed by atoms with Gasteiger partial charge < -0.3 is 33.9 Å². The van der Waals surface area contributed by atoms with Crippen LogP contribution in [0.15, 0.2) is 42.5 Å². The van der Waals surface area contributed by atoms with E-state index >= 15 is 0 Å². The molecule has 0 aliphatic carbocycles. The summed E-state index contributed by atoms with van der Waals surface area (Å²) in [6.07, 6.45) is 2.15. The molecule has 41 heavy (non-hydrogen) atoms. The molecule has 3 atom stereocenters. The van der Waals surface area contributed by atoms with Crippen molar-refractivity contribution < 1.29 is 23.8 Å². The normalized spacial score (nSPS) is 24.0. The lowest BCUT2D eigenvalue weighted by atomic mass is 9.92. The van der Waals surface area contributed by atoms with Crippen LogP contribution in [-0.4, -0.2) is 71.8 Å². The van der Waals surface area contributed by atoms with Crippen LogP contribution in [-0.2, 0) is 17.9 Å². The molecule has 3 aliphatic rings. The lowest BCUT2D eigenvalue weighted by Gasteiger charge is -2.44. The van der Waals surface area contributed by atoms with Crippen LogP contribution < -0.4 is 19.5 Å². The number of ether oxygens (including phenoxy) is 3. The minimum Gasteiger partial charge on any atom is -0.497 e. The molecule has 0 saturated carbocycles. The fourth-order valence-corrected chi connectivity index (χ4v) is 6.80. The Hall–Kier alpha value is -3.72. The number of methoxy groups -OCH3 is 1. The number of amides is 2. The van der Waals surface area contributed by atoms with Gasteiger partial charge >= 0.3 is 0 Å². The Bertz CT molecular complexity index is 1460. The summed E-state index contributed by atoms with van der Waals surface area (Å²) in [6.45, 7) is 11.0. The summed E-state index contributed by atoms with van der Waals surface area (Å²) in [5, 5.41) is 4.12. The molecule has 0 radical (unpaired) electrons. The Kier molecular flexibility index (Phi) is 7.32. The highest BCUT2D eigenvalue weighted by molar-refractivity contribution is 6.03. The molecule has 2 amide bonds. The Morgan fingerprint density at radius 1 is 1.07 bits per heavy atom. The molecular weight excluding hydrogens is 520 g/mol. The van der Waals surface area contributed by atoms with Gasteiger partial charge in [0.1, 0.15) is 17.0 Å². The number of likely N-dealkylation sites (tertiary alicyclic amines) is 1. The molecule has 1 fully saturated rings. The lowest BCUT2D eigenvalue weighted by Crippen LogP contribution is -2.63. The first kappa shape index (κ1) is 27.4. The highest BCUT2D eigenvalue weighted by Gasteiger charge is 2.47. The quantitative estimate of drug-likeness (QED) is 0.414. The topological polar surface area (TPSA) is 85.3 Å².